The molecule has 3 aromatic carbocycles. The van der Waals surface area contributed by atoms with Crippen molar-refractivity contribution in [1.82, 2.24) is 15.4 Å². The normalized spacial score (nSPS) is 10.3. The molecule has 0 bridgehead atoms. The molecule has 1 amide bonds. The van der Waals surface area contributed by atoms with Gasteiger partial charge in [0.1, 0.15) is 17.8 Å². The Kier molecular flexibility index (Phi) is 7.44. The largest absolute Gasteiger partial charge is 0.457 e. The smallest absolute Gasteiger partial charge is 0.355 e. The van der Waals surface area contributed by atoms with Crippen LogP contribution in [0, 0.1) is 20.2 Å². The molecule has 0 saturated carbocycles. The van der Waals surface area contributed by atoms with E-state index in [1.807, 2.05) is 30.3 Å². The molecule has 0 aliphatic heterocycles. The lowest BCUT2D eigenvalue weighted by atomic mass is 10.1. The van der Waals surface area contributed by atoms with Gasteiger partial charge in [0, 0.05) is 17.8 Å². The third-order valence-electron chi connectivity index (χ3n) is 4.93. The fraction of sp³-hybridized carbons (Fsp3) is 0.0417. The Morgan fingerprint density at radius 2 is 1.46 bits per heavy atom. The quantitative estimate of drug-likeness (QED) is 0.207. The fourth-order valence-electron chi connectivity index (χ4n) is 3.20. The first-order valence-corrected chi connectivity index (χ1v) is 10.8. The first kappa shape index (κ1) is 24.5. The number of nitrogens with one attached hydrogen (secondary N) is 3. The van der Waals surface area contributed by atoms with Gasteiger partial charge in [0.05, 0.1) is 16.3 Å². The Labute approximate surface area is 209 Å². The molecule has 3 N–H and O–H groups in total. The van der Waals surface area contributed by atoms with Gasteiger partial charge in [-0.2, -0.15) is 0 Å². The number of carbonyl (C=O) groups is 1. The number of nitro benzene ring substituents is 1. The highest BCUT2D eigenvalue weighted by Gasteiger charge is 2.23. The molecule has 4 rings (SSSR count). The number of hydrogen-bond donors (Lipinski definition) is 3. The summed E-state index contributed by atoms with van der Waals surface area (Å²) in [6.45, 7) is 0. The maximum absolute atomic E-state index is 12.3. The molecule has 0 unspecified atom stereocenters. The van der Waals surface area contributed by atoms with E-state index in [1.165, 1.54) is 24.3 Å². The Morgan fingerprint density at radius 1 is 0.811 bits per heavy atom. The monoisotopic (exact) mass is 501 g/mol. The number of non-ortho nitro benzene ring substituents is 1. The molecule has 4 aromatic rings. The predicted octanol–water partition coefficient (Wildman–Crippen LogP) is 4.51. The summed E-state index contributed by atoms with van der Waals surface area (Å²) in [6.07, 6.45) is 0.986. The Hall–Kier alpha value is -5.59. The number of hydrogen-bond acceptors (Lipinski definition) is 10. The van der Waals surface area contributed by atoms with Crippen LogP contribution in [-0.4, -0.2) is 25.7 Å². The van der Waals surface area contributed by atoms with Gasteiger partial charge >= 0.3 is 5.69 Å². The van der Waals surface area contributed by atoms with E-state index in [0.29, 0.717) is 22.7 Å². The van der Waals surface area contributed by atoms with Crippen LogP contribution in [0.4, 0.5) is 28.7 Å². The number of para-hydroxylation sites is 1. The molecule has 37 heavy (non-hydrogen) atoms. The zero-order valence-electron chi connectivity index (χ0n) is 19.0. The zero-order valence-corrected chi connectivity index (χ0v) is 19.0. The van der Waals surface area contributed by atoms with Crippen molar-refractivity contribution in [2.24, 2.45) is 0 Å². The van der Waals surface area contributed by atoms with Gasteiger partial charge in [-0.15, -0.1) is 0 Å². The maximum atomic E-state index is 12.3. The van der Waals surface area contributed by atoms with Crippen LogP contribution in [0.2, 0.25) is 0 Å². The lowest BCUT2D eigenvalue weighted by Gasteiger charge is -2.11. The third-order valence-corrected chi connectivity index (χ3v) is 4.93. The predicted molar refractivity (Wildman–Crippen MR) is 133 cm³/mol. The van der Waals surface area contributed by atoms with Gasteiger partial charge in [0.2, 0.25) is 17.5 Å². The van der Waals surface area contributed by atoms with Gasteiger partial charge in [-0.3, -0.25) is 35.9 Å². The number of benzene rings is 3. The number of rotatable bonds is 10. The zero-order chi connectivity index (χ0) is 26.2. The molecule has 186 valence electrons. The van der Waals surface area contributed by atoms with E-state index >= 15 is 0 Å². The third kappa shape index (κ3) is 6.51. The van der Waals surface area contributed by atoms with Crippen molar-refractivity contribution in [3.8, 4) is 11.5 Å². The number of nitro groups is 2. The average Bonchev–Trinajstić information content (AvgIpc) is 2.89. The second kappa shape index (κ2) is 11.2. The lowest BCUT2D eigenvalue weighted by Crippen LogP contribution is -2.31. The van der Waals surface area contributed by atoms with Crippen molar-refractivity contribution in [1.29, 1.82) is 0 Å². The molecule has 13 nitrogen and oxygen atoms in total. The lowest BCUT2D eigenvalue weighted by molar-refractivity contribution is -0.384. The molecule has 0 radical (unpaired) electrons. The summed E-state index contributed by atoms with van der Waals surface area (Å²) in [4.78, 5) is 41.4. The second-order valence-corrected chi connectivity index (χ2v) is 7.51. The van der Waals surface area contributed by atoms with Crippen molar-refractivity contribution in [3.63, 3.8) is 0 Å². The average molecular weight is 501 g/mol. The molecule has 0 aliphatic carbocycles. The highest BCUT2D eigenvalue weighted by Crippen LogP contribution is 2.31. The SMILES string of the molecule is O=C(Cc1ccc([N+](=O)[O-])cc1)NNc1ncnc(Nc2ccc(Oc3ccccc3)cc2)c1[N+](=O)[O-]. The van der Waals surface area contributed by atoms with Gasteiger partial charge < -0.3 is 10.1 Å². The first-order chi connectivity index (χ1) is 17.9. The minimum absolute atomic E-state index is 0.0937. The van der Waals surface area contributed by atoms with Crippen LogP contribution in [-0.2, 0) is 11.2 Å². The number of nitrogens with zero attached hydrogens (tertiary/aromatic N) is 4. The van der Waals surface area contributed by atoms with Gasteiger partial charge in [0.25, 0.3) is 5.69 Å². The fourth-order valence-corrected chi connectivity index (χ4v) is 3.20. The summed E-state index contributed by atoms with van der Waals surface area (Å²) in [5.74, 6) is 0.380. The molecule has 0 aliphatic rings. The summed E-state index contributed by atoms with van der Waals surface area (Å²) >= 11 is 0. The topological polar surface area (TPSA) is 174 Å². The Morgan fingerprint density at radius 3 is 2.11 bits per heavy atom. The van der Waals surface area contributed by atoms with Crippen molar-refractivity contribution in [3.05, 3.63) is 111 Å². The molecule has 0 spiro atoms. The summed E-state index contributed by atoms with van der Waals surface area (Å²) in [7, 11) is 0. The molecule has 0 atom stereocenters. The van der Waals surface area contributed by atoms with E-state index in [9.17, 15) is 25.0 Å². The van der Waals surface area contributed by atoms with Crippen molar-refractivity contribution < 1.29 is 19.4 Å². The summed E-state index contributed by atoms with van der Waals surface area (Å²) < 4.78 is 5.74. The van der Waals surface area contributed by atoms with Crippen molar-refractivity contribution in [2.75, 3.05) is 10.7 Å². The molecule has 1 heterocycles. The van der Waals surface area contributed by atoms with Crippen LogP contribution in [0.15, 0.2) is 85.2 Å². The van der Waals surface area contributed by atoms with Crippen LogP contribution in [0.1, 0.15) is 5.56 Å². The van der Waals surface area contributed by atoms with Gasteiger partial charge in [-0.25, -0.2) is 9.97 Å². The number of hydrazine groups is 1. The van der Waals surface area contributed by atoms with E-state index < -0.39 is 21.4 Å². The van der Waals surface area contributed by atoms with Gasteiger partial charge in [0.15, 0.2) is 0 Å². The maximum Gasteiger partial charge on any atom is 0.355 e. The molecule has 0 fully saturated rings. The molecular weight excluding hydrogens is 482 g/mol. The minimum atomic E-state index is -0.681. The van der Waals surface area contributed by atoms with E-state index in [0.717, 1.165) is 6.33 Å². The number of carbonyl (C=O) groups excluding carboxylic acids is 1. The summed E-state index contributed by atoms with van der Waals surface area (Å²) in [5.41, 5.74) is 5.23. The van der Waals surface area contributed by atoms with Crippen molar-refractivity contribution >= 4 is 34.6 Å². The highest BCUT2D eigenvalue weighted by molar-refractivity contribution is 5.81. The standard InChI is InChI=1S/C24H19N7O6/c32-21(14-16-6-10-18(11-7-16)30(33)34)28-29-24-22(31(35)36)23(25-15-26-24)27-17-8-12-20(13-9-17)37-19-4-2-1-3-5-19/h1-13,15H,14H2,(H,28,32)(H2,25,26,27,29). The van der Waals surface area contributed by atoms with E-state index in [-0.39, 0.29) is 23.7 Å². The Bertz CT molecular complexity index is 1410. The minimum Gasteiger partial charge on any atom is -0.457 e. The summed E-state index contributed by atoms with van der Waals surface area (Å²) in [6, 6.07) is 21.4. The number of aromatic nitrogens is 2. The highest BCUT2D eigenvalue weighted by atomic mass is 16.6. The molecule has 0 saturated heterocycles. The van der Waals surface area contributed by atoms with Gasteiger partial charge in [-0.1, -0.05) is 30.3 Å². The second-order valence-electron chi connectivity index (χ2n) is 7.51. The van der Waals surface area contributed by atoms with E-state index in [1.54, 1.807) is 24.3 Å². The van der Waals surface area contributed by atoms with E-state index in [2.05, 4.69) is 26.1 Å². The number of anilines is 3. The van der Waals surface area contributed by atoms with Crippen LogP contribution < -0.4 is 20.9 Å². The van der Waals surface area contributed by atoms with E-state index in [4.69, 9.17) is 4.74 Å². The van der Waals surface area contributed by atoms with Crippen LogP contribution in [0.5, 0.6) is 11.5 Å². The Balaban J connectivity index is 1.42. The molecular formula is C24H19N7O6. The summed E-state index contributed by atoms with van der Waals surface area (Å²) in [5, 5.41) is 25.4. The molecule has 1 aromatic heterocycles. The molecule has 13 heteroatoms. The van der Waals surface area contributed by atoms with Crippen LogP contribution in [0.25, 0.3) is 0 Å². The number of amides is 1. The van der Waals surface area contributed by atoms with Crippen LogP contribution >= 0.6 is 0 Å². The van der Waals surface area contributed by atoms with Gasteiger partial charge in [-0.05, 0) is 42.0 Å². The number of ether oxygens (including phenoxy) is 1. The van der Waals surface area contributed by atoms with Crippen LogP contribution in [0.3, 0.4) is 0 Å². The first-order valence-electron chi connectivity index (χ1n) is 10.8. The van der Waals surface area contributed by atoms with Crippen molar-refractivity contribution in [2.45, 2.75) is 6.42 Å².